The first kappa shape index (κ1) is 28.5. The van der Waals surface area contributed by atoms with Gasteiger partial charge in [0.2, 0.25) is 5.91 Å². The first-order valence-corrected chi connectivity index (χ1v) is 13.1. The van der Waals surface area contributed by atoms with Crippen molar-refractivity contribution in [3.63, 3.8) is 0 Å². The lowest BCUT2D eigenvalue weighted by Gasteiger charge is -2.26. The molecule has 0 radical (unpaired) electrons. The van der Waals surface area contributed by atoms with Crippen molar-refractivity contribution in [1.29, 1.82) is 0 Å². The lowest BCUT2D eigenvalue weighted by atomic mass is 9.91. The maximum absolute atomic E-state index is 13.4. The third-order valence-electron chi connectivity index (χ3n) is 6.37. The van der Waals surface area contributed by atoms with Gasteiger partial charge in [0, 0.05) is 18.2 Å². The van der Waals surface area contributed by atoms with Crippen molar-refractivity contribution in [2.24, 2.45) is 0 Å². The summed E-state index contributed by atoms with van der Waals surface area (Å²) in [6, 6.07) is 13.7. The number of hydrogen-bond acceptors (Lipinski definition) is 4. The quantitative estimate of drug-likeness (QED) is 0.252. The smallest absolute Gasteiger partial charge is 0.227 e. The van der Waals surface area contributed by atoms with Gasteiger partial charge in [-0.1, -0.05) is 70.6 Å². The van der Waals surface area contributed by atoms with Crippen LogP contribution in [0, 0.1) is 0 Å². The van der Waals surface area contributed by atoms with Crippen LogP contribution >= 0.6 is 0 Å². The monoisotopic (exact) mass is 483 g/mol. The molecule has 0 fully saturated rings. The molecular weight excluding hydrogens is 438 g/mol. The van der Waals surface area contributed by atoms with Gasteiger partial charge in [-0.25, -0.2) is 0 Å². The summed E-state index contributed by atoms with van der Waals surface area (Å²) >= 11 is 0. The SMILES string of the molecule is CCCCCCCC(C(=O)NCc1ccc(OC(C)(C)CCC)cc1)c1ccc(OC)cc1OC. The maximum Gasteiger partial charge on any atom is 0.227 e. The fraction of sp³-hybridized carbons (Fsp3) is 0.567. The van der Waals surface area contributed by atoms with Gasteiger partial charge >= 0.3 is 0 Å². The van der Waals surface area contributed by atoms with Gasteiger partial charge in [0.05, 0.1) is 20.1 Å². The highest BCUT2D eigenvalue weighted by Crippen LogP contribution is 2.34. The van der Waals surface area contributed by atoms with Gasteiger partial charge in [0.25, 0.3) is 0 Å². The molecule has 0 aliphatic carbocycles. The summed E-state index contributed by atoms with van der Waals surface area (Å²) in [4.78, 5) is 13.4. The van der Waals surface area contributed by atoms with E-state index in [9.17, 15) is 4.79 Å². The number of methoxy groups -OCH3 is 2. The van der Waals surface area contributed by atoms with E-state index in [-0.39, 0.29) is 17.4 Å². The Kier molecular flexibility index (Phi) is 11.9. The number of benzene rings is 2. The van der Waals surface area contributed by atoms with Gasteiger partial charge in [-0.05, 0) is 50.5 Å². The van der Waals surface area contributed by atoms with Gasteiger partial charge in [0.15, 0.2) is 0 Å². The van der Waals surface area contributed by atoms with E-state index in [1.54, 1.807) is 14.2 Å². The van der Waals surface area contributed by atoms with E-state index in [0.29, 0.717) is 12.3 Å². The average Bonchev–Trinajstić information content (AvgIpc) is 2.85. The van der Waals surface area contributed by atoms with Crippen LogP contribution in [-0.4, -0.2) is 25.7 Å². The number of amides is 1. The zero-order valence-electron chi connectivity index (χ0n) is 22.6. The van der Waals surface area contributed by atoms with Gasteiger partial charge in [-0.2, -0.15) is 0 Å². The maximum atomic E-state index is 13.4. The van der Waals surface area contributed by atoms with Crippen molar-refractivity contribution in [3.05, 3.63) is 53.6 Å². The van der Waals surface area contributed by atoms with Crippen LogP contribution in [0.1, 0.15) is 96.1 Å². The molecule has 0 aliphatic heterocycles. The number of unbranched alkanes of at least 4 members (excludes halogenated alkanes) is 4. The Bertz CT molecular complexity index is 892. The van der Waals surface area contributed by atoms with Crippen molar-refractivity contribution in [3.8, 4) is 17.2 Å². The minimum absolute atomic E-state index is 0.0216. The molecule has 5 heteroatoms. The van der Waals surface area contributed by atoms with Crippen molar-refractivity contribution < 1.29 is 19.0 Å². The molecule has 1 amide bonds. The second-order valence-corrected chi connectivity index (χ2v) is 9.84. The molecule has 5 nitrogen and oxygen atoms in total. The fourth-order valence-corrected chi connectivity index (χ4v) is 4.45. The van der Waals surface area contributed by atoms with Crippen molar-refractivity contribution in [1.82, 2.24) is 5.32 Å². The normalized spacial score (nSPS) is 12.2. The Morgan fingerprint density at radius 3 is 2.20 bits per heavy atom. The molecule has 0 heterocycles. The molecule has 0 aromatic heterocycles. The second kappa shape index (κ2) is 14.7. The Labute approximate surface area is 212 Å². The average molecular weight is 484 g/mol. The summed E-state index contributed by atoms with van der Waals surface area (Å²) in [6.45, 7) is 9.07. The molecule has 1 atom stereocenters. The Morgan fingerprint density at radius 2 is 1.57 bits per heavy atom. The van der Waals surface area contributed by atoms with E-state index in [4.69, 9.17) is 14.2 Å². The largest absolute Gasteiger partial charge is 0.497 e. The fourth-order valence-electron chi connectivity index (χ4n) is 4.45. The predicted molar refractivity (Wildman–Crippen MR) is 144 cm³/mol. The molecule has 0 bridgehead atoms. The number of rotatable bonds is 16. The van der Waals surface area contributed by atoms with Gasteiger partial charge < -0.3 is 19.5 Å². The first-order chi connectivity index (χ1) is 16.8. The van der Waals surface area contributed by atoms with Crippen LogP contribution in [-0.2, 0) is 11.3 Å². The molecule has 2 aromatic carbocycles. The zero-order valence-corrected chi connectivity index (χ0v) is 22.6. The molecule has 1 N–H and O–H groups in total. The van der Waals surface area contributed by atoms with E-state index in [2.05, 4.69) is 33.0 Å². The molecule has 0 aliphatic rings. The first-order valence-electron chi connectivity index (χ1n) is 13.1. The Balaban J connectivity index is 2.08. The number of ether oxygens (including phenoxy) is 3. The molecule has 0 saturated carbocycles. The van der Waals surface area contributed by atoms with Crippen LogP contribution in [0.5, 0.6) is 17.2 Å². The number of carbonyl (C=O) groups is 1. The molecule has 2 rings (SSSR count). The van der Waals surface area contributed by atoms with Crippen molar-refractivity contribution in [2.75, 3.05) is 14.2 Å². The third kappa shape index (κ3) is 9.46. The summed E-state index contributed by atoms with van der Waals surface area (Å²) in [6.07, 6.45) is 8.65. The summed E-state index contributed by atoms with van der Waals surface area (Å²) in [5, 5.41) is 3.15. The van der Waals surface area contributed by atoms with Gasteiger partial charge in [-0.3, -0.25) is 4.79 Å². The van der Waals surface area contributed by atoms with E-state index in [1.807, 2.05) is 42.5 Å². The Morgan fingerprint density at radius 1 is 0.886 bits per heavy atom. The standard InChI is InChI=1S/C30H45NO4/c1-7-9-10-11-12-13-27(26-19-18-25(33-5)21-28(26)34-6)29(32)31-22-23-14-16-24(17-15-23)35-30(3,4)20-8-2/h14-19,21,27H,7-13,20,22H2,1-6H3,(H,31,32). The Hall–Kier alpha value is -2.69. The summed E-state index contributed by atoms with van der Waals surface area (Å²) in [5.74, 6) is 2.01. The van der Waals surface area contributed by atoms with E-state index in [1.165, 1.54) is 19.3 Å². The molecular formula is C30H45NO4. The lowest BCUT2D eigenvalue weighted by molar-refractivity contribution is -0.123. The zero-order chi connectivity index (χ0) is 25.7. The van der Waals surface area contributed by atoms with Crippen molar-refractivity contribution >= 4 is 5.91 Å². The highest BCUT2D eigenvalue weighted by molar-refractivity contribution is 5.84. The van der Waals surface area contributed by atoms with Crippen LogP contribution < -0.4 is 19.5 Å². The third-order valence-corrected chi connectivity index (χ3v) is 6.37. The molecule has 35 heavy (non-hydrogen) atoms. The number of hydrogen-bond donors (Lipinski definition) is 1. The van der Waals surface area contributed by atoms with Crippen LogP contribution in [0.4, 0.5) is 0 Å². The highest BCUT2D eigenvalue weighted by Gasteiger charge is 2.24. The molecule has 0 saturated heterocycles. The van der Waals surface area contributed by atoms with Crippen molar-refractivity contribution in [2.45, 2.75) is 97.1 Å². The van der Waals surface area contributed by atoms with Gasteiger partial charge in [0.1, 0.15) is 22.8 Å². The number of carbonyl (C=O) groups excluding carboxylic acids is 1. The topological polar surface area (TPSA) is 56.8 Å². The van der Waals surface area contributed by atoms with Crippen LogP contribution in [0.15, 0.2) is 42.5 Å². The summed E-state index contributed by atoms with van der Waals surface area (Å²) in [5.41, 5.74) is 1.76. The molecule has 194 valence electrons. The second-order valence-electron chi connectivity index (χ2n) is 9.84. The van der Waals surface area contributed by atoms with Crippen LogP contribution in [0.3, 0.4) is 0 Å². The van der Waals surface area contributed by atoms with E-state index >= 15 is 0 Å². The minimum atomic E-state index is -0.269. The highest BCUT2D eigenvalue weighted by atomic mass is 16.5. The van der Waals surface area contributed by atoms with Gasteiger partial charge in [-0.15, -0.1) is 0 Å². The van der Waals surface area contributed by atoms with Crippen LogP contribution in [0.2, 0.25) is 0 Å². The number of nitrogens with one attached hydrogen (secondary N) is 1. The molecule has 2 aromatic rings. The minimum Gasteiger partial charge on any atom is -0.497 e. The van der Waals surface area contributed by atoms with E-state index in [0.717, 1.165) is 54.7 Å². The predicted octanol–water partition coefficient (Wildman–Crippen LogP) is 7.42. The lowest BCUT2D eigenvalue weighted by Crippen LogP contribution is -2.29. The molecule has 0 spiro atoms. The summed E-state index contributed by atoms with van der Waals surface area (Å²) in [7, 11) is 3.27. The molecule has 1 unspecified atom stereocenters. The van der Waals surface area contributed by atoms with Crippen LogP contribution in [0.25, 0.3) is 0 Å². The summed E-state index contributed by atoms with van der Waals surface area (Å²) < 4.78 is 17.1. The van der Waals surface area contributed by atoms with E-state index < -0.39 is 0 Å².